The molecule has 118 valence electrons. The number of nitrogens with one attached hydrogen (secondary N) is 1. The molecule has 1 heterocycles. The molecule has 1 saturated heterocycles. The van der Waals surface area contributed by atoms with E-state index in [0.717, 1.165) is 5.56 Å². The number of amides is 3. The first-order valence-corrected chi connectivity index (χ1v) is 7.03. The average Bonchev–Trinajstić information content (AvgIpc) is 2.79. The second kappa shape index (κ2) is 6.93. The van der Waals surface area contributed by atoms with Gasteiger partial charge in [-0.1, -0.05) is 30.3 Å². The Hall–Kier alpha value is -2.57. The number of carbonyl (C=O) groups is 3. The van der Waals surface area contributed by atoms with Gasteiger partial charge in [0, 0.05) is 20.1 Å². The molecular formula is C15H19N3O4. The highest BCUT2D eigenvalue weighted by Gasteiger charge is 2.28. The molecule has 1 aromatic rings. The van der Waals surface area contributed by atoms with Gasteiger partial charge in [-0.05, 0) is 5.56 Å². The summed E-state index contributed by atoms with van der Waals surface area (Å²) in [6, 6.07) is 8.13. The summed E-state index contributed by atoms with van der Waals surface area (Å²) in [6.45, 7) is 1.02. The Morgan fingerprint density at radius 1 is 1.27 bits per heavy atom. The van der Waals surface area contributed by atoms with Crippen LogP contribution in [0.5, 0.6) is 0 Å². The van der Waals surface area contributed by atoms with E-state index in [0.29, 0.717) is 13.1 Å². The van der Waals surface area contributed by atoms with Crippen molar-refractivity contribution in [2.75, 3.05) is 26.7 Å². The first kappa shape index (κ1) is 15.8. The van der Waals surface area contributed by atoms with Gasteiger partial charge in [-0.15, -0.1) is 0 Å². The maximum atomic E-state index is 12.1. The third kappa shape index (κ3) is 3.97. The van der Waals surface area contributed by atoms with E-state index in [1.165, 1.54) is 4.90 Å². The number of carboxylic acids is 1. The smallest absolute Gasteiger partial charge is 0.320 e. The SMILES string of the molecule is CN1CCN(CC(=O)N[C@H](CC(=O)O)c2ccccc2)C1=O. The van der Waals surface area contributed by atoms with Crippen molar-refractivity contribution in [3.63, 3.8) is 0 Å². The van der Waals surface area contributed by atoms with E-state index in [1.54, 1.807) is 36.2 Å². The predicted molar refractivity (Wildman–Crippen MR) is 79.2 cm³/mol. The number of rotatable bonds is 6. The minimum absolute atomic E-state index is 0.0634. The van der Waals surface area contributed by atoms with E-state index >= 15 is 0 Å². The molecule has 3 amide bonds. The Kier molecular flexibility index (Phi) is 4.98. The molecule has 0 spiro atoms. The molecule has 7 heteroatoms. The number of likely N-dealkylation sites (N-methyl/N-ethyl adjacent to an activating group) is 1. The van der Waals surface area contributed by atoms with Gasteiger partial charge >= 0.3 is 12.0 Å². The number of aliphatic carboxylic acids is 1. The van der Waals surface area contributed by atoms with Gasteiger partial charge in [0.1, 0.15) is 6.54 Å². The largest absolute Gasteiger partial charge is 0.481 e. The Bertz CT molecular complexity index is 561. The standard InChI is InChI=1S/C15H19N3O4/c1-17-7-8-18(15(17)22)10-13(19)16-12(9-14(20)21)11-5-3-2-4-6-11/h2-6,12H,7-10H2,1H3,(H,16,19)(H,20,21)/t12-/m1/s1. The summed E-state index contributed by atoms with van der Waals surface area (Å²) in [6.07, 6.45) is -0.205. The first-order valence-electron chi connectivity index (χ1n) is 7.03. The summed E-state index contributed by atoms with van der Waals surface area (Å²) >= 11 is 0. The lowest BCUT2D eigenvalue weighted by Crippen LogP contribution is -2.41. The number of benzene rings is 1. The third-order valence-corrected chi connectivity index (χ3v) is 3.55. The highest BCUT2D eigenvalue weighted by molar-refractivity contribution is 5.85. The zero-order valence-electron chi connectivity index (χ0n) is 12.4. The minimum atomic E-state index is -0.994. The van der Waals surface area contributed by atoms with Crippen molar-refractivity contribution in [2.45, 2.75) is 12.5 Å². The second-order valence-electron chi connectivity index (χ2n) is 5.25. The van der Waals surface area contributed by atoms with Gasteiger partial charge in [-0.2, -0.15) is 0 Å². The minimum Gasteiger partial charge on any atom is -0.481 e. The van der Waals surface area contributed by atoms with Crippen molar-refractivity contribution in [1.82, 2.24) is 15.1 Å². The van der Waals surface area contributed by atoms with Crippen molar-refractivity contribution in [3.05, 3.63) is 35.9 Å². The van der Waals surface area contributed by atoms with Crippen molar-refractivity contribution >= 4 is 17.9 Å². The number of nitrogens with zero attached hydrogens (tertiary/aromatic N) is 2. The van der Waals surface area contributed by atoms with Gasteiger partial charge in [0.2, 0.25) is 5.91 Å². The Balaban J connectivity index is 1.99. The summed E-state index contributed by atoms with van der Waals surface area (Å²) in [5, 5.41) is 11.7. The van der Waals surface area contributed by atoms with Crippen LogP contribution in [0.15, 0.2) is 30.3 Å². The highest BCUT2D eigenvalue weighted by atomic mass is 16.4. The molecule has 2 N–H and O–H groups in total. The van der Waals surface area contributed by atoms with Gasteiger partial charge < -0.3 is 20.2 Å². The van der Waals surface area contributed by atoms with Crippen LogP contribution in [-0.2, 0) is 9.59 Å². The summed E-state index contributed by atoms with van der Waals surface area (Å²) < 4.78 is 0. The van der Waals surface area contributed by atoms with Gasteiger partial charge in [0.15, 0.2) is 0 Å². The molecule has 0 saturated carbocycles. The average molecular weight is 305 g/mol. The molecule has 0 aromatic heterocycles. The Morgan fingerprint density at radius 2 is 1.95 bits per heavy atom. The number of hydrogen-bond acceptors (Lipinski definition) is 3. The monoisotopic (exact) mass is 305 g/mol. The van der Waals surface area contributed by atoms with Crippen LogP contribution in [0.3, 0.4) is 0 Å². The summed E-state index contributed by atoms with van der Waals surface area (Å²) in [4.78, 5) is 37.8. The molecule has 0 unspecified atom stereocenters. The normalized spacial score (nSPS) is 15.8. The van der Waals surface area contributed by atoms with Gasteiger partial charge in [-0.3, -0.25) is 9.59 Å². The van der Waals surface area contributed by atoms with Crippen molar-refractivity contribution in [3.8, 4) is 0 Å². The number of hydrogen-bond donors (Lipinski definition) is 2. The van der Waals surface area contributed by atoms with Crippen LogP contribution in [0.4, 0.5) is 4.79 Å². The topological polar surface area (TPSA) is 89.9 Å². The lowest BCUT2D eigenvalue weighted by molar-refractivity contribution is -0.137. The van der Waals surface area contributed by atoms with Gasteiger partial charge in [-0.25, -0.2) is 4.79 Å². The maximum Gasteiger partial charge on any atom is 0.320 e. The quantitative estimate of drug-likeness (QED) is 0.809. The number of carboxylic acid groups (broad SMARTS) is 1. The number of urea groups is 1. The molecular weight excluding hydrogens is 286 g/mol. The third-order valence-electron chi connectivity index (χ3n) is 3.55. The molecule has 1 aliphatic heterocycles. The summed E-state index contributed by atoms with van der Waals surface area (Å²) in [7, 11) is 1.68. The van der Waals surface area contributed by atoms with Crippen LogP contribution in [0.2, 0.25) is 0 Å². The van der Waals surface area contributed by atoms with Crippen molar-refractivity contribution in [1.29, 1.82) is 0 Å². The first-order chi connectivity index (χ1) is 10.5. The lowest BCUT2D eigenvalue weighted by Gasteiger charge is -2.20. The van der Waals surface area contributed by atoms with E-state index in [9.17, 15) is 14.4 Å². The van der Waals surface area contributed by atoms with Crippen molar-refractivity contribution in [2.24, 2.45) is 0 Å². The molecule has 7 nitrogen and oxygen atoms in total. The molecule has 2 rings (SSSR count). The van der Waals surface area contributed by atoms with E-state index < -0.39 is 12.0 Å². The zero-order chi connectivity index (χ0) is 16.1. The van der Waals surface area contributed by atoms with Gasteiger partial charge in [0.05, 0.1) is 12.5 Å². The highest BCUT2D eigenvalue weighted by Crippen LogP contribution is 2.16. The Labute approximate surface area is 128 Å². The van der Waals surface area contributed by atoms with E-state index in [2.05, 4.69) is 5.32 Å². The fourth-order valence-electron chi connectivity index (χ4n) is 2.38. The molecule has 1 aromatic carbocycles. The fraction of sp³-hybridized carbons (Fsp3) is 0.400. The van der Waals surface area contributed by atoms with E-state index in [-0.39, 0.29) is 24.9 Å². The van der Waals surface area contributed by atoms with Crippen LogP contribution < -0.4 is 5.32 Å². The molecule has 1 aliphatic rings. The van der Waals surface area contributed by atoms with Gasteiger partial charge in [0.25, 0.3) is 0 Å². The van der Waals surface area contributed by atoms with Crippen molar-refractivity contribution < 1.29 is 19.5 Å². The predicted octanol–water partition coefficient (Wildman–Crippen LogP) is 0.686. The molecule has 0 radical (unpaired) electrons. The molecule has 1 fully saturated rings. The molecule has 0 bridgehead atoms. The fourth-order valence-corrected chi connectivity index (χ4v) is 2.38. The summed E-state index contributed by atoms with van der Waals surface area (Å²) in [5.41, 5.74) is 0.725. The molecule has 1 atom stereocenters. The van der Waals surface area contributed by atoms with Crippen LogP contribution in [0.25, 0.3) is 0 Å². The van der Waals surface area contributed by atoms with Crippen LogP contribution in [0.1, 0.15) is 18.0 Å². The second-order valence-corrected chi connectivity index (χ2v) is 5.25. The van der Waals surface area contributed by atoms with E-state index in [1.807, 2.05) is 6.07 Å². The molecule has 0 aliphatic carbocycles. The van der Waals surface area contributed by atoms with Crippen LogP contribution in [0, 0.1) is 0 Å². The van der Waals surface area contributed by atoms with E-state index in [4.69, 9.17) is 5.11 Å². The summed E-state index contributed by atoms with van der Waals surface area (Å²) in [5.74, 6) is -1.36. The molecule has 22 heavy (non-hydrogen) atoms. The maximum absolute atomic E-state index is 12.1. The Morgan fingerprint density at radius 3 is 2.50 bits per heavy atom. The number of carbonyl (C=O) groups excluding carboxylic acids is 2. The van der Waals surface area contributed by atoms with Crippen LogP contribution >= 0.6 is 0 Å². The zero-order valence-corrected chi connectivity index (χ0v) is 12.4. The van der Waals surface area contributed by atoms with Crippen LogP contribution in [-0.4, -0.2) is 59.5 Å². The lowest BCUT2D eigenvalue weighted by atomic mass is 10.0.